The van der Waals surface area contributed by atoms with Crippen LogP contribution >= 0.6 is 0 Å². The van der Waals surface area contributed by atoms with E-state index in [4.69, 9.17) is 18.9 Å². The van der Waals surface area contributed by atoms with Gasteiger partial charge >= 0.3 is 23.9 Å². The highest BCUT2D eigenvalue weighted by atomic mass is 16.6. The third-order valence-electron chi connectivity index (χ3n) is 2.88. The van der Waals surface area contributed by atoms with Crippen molar-refractivity contribution >= 4 is 23.9 Å². The fourth-order valence-corrected chi connectivity index (χ4v) is 1.84. The Balaban J connectivity index is 5.62. The Bertz CT molecular complexity index is 384. The number of carbonyl (C=O) groups is 4. The van der Waals surface area contributed by atoms with E-state index < -0.39 is 35.7 Å². The summed E-state index contributed by atoms with van der Waals surface area (Å²) in [5.74, 6) is -3.93. The Morgan fingerprint density at radius 2 is 1.00 bits per heavy atom. The van der Waals surface area contributed by atoms with E-state index >= 15 is 0 Å². The van der Waals surface area contributed by atoms with Crippen molar-refractivity contribution in [1.29, 1.82) is 0 Å². The van der Waals surface area contributed by atoms with E-state index in [1.165, 1.54) is 20.8 Å². The Morgan fingerprint density at radius 1 is 0.652 bits per heavy atom. The molecule has 0 rings (SSSR count). The van der Waals surface area contributed by atoms with Gasteiger partial charge in [-0.2, -0.15) is 0 Å². The van der Waals surface area contributed by atoms with E-state index in [0.717, 1.165) is 0 Å². The smallest absolute Gasteiger partial charge is 0.335 e. The van der Waals surface area contributed by atoms with Crippen molar-refractivity contribution in [3.8, 4) is 0 Å². The molecule has 0 aromatic rings. The fourth-order valence-electron chi connectivity index (χ4n) is 1.84. The van der Waals surface area contributed by atoms with Crippen LogP contribution < -0.4 is 0 Å². The van der Waals surface area contributed by atoms with Crippen molar-refractivity contribution in [2.24, 2.45) is 5.41 Å². The zero-order valence-electron chi connectivity index (χ0n) is 14.0. The third kappa shape index (κ3) is 5.54. The van der Waals surface area contributed by atoms with Crippen molar-refractivity contribution in [2.75, 3.05) is 26.4 Å². The second kappa shape index (κ2) is 10.6. The molecular formula is C15H24O8. The minimum atomic E-state index is -2.32. The molecule has 0 bridgehead atoms. The Morgan fingerprint density at radius 3 is 1.30 bits per heavy atom. The lowest BCUT2D eigenvalue weighted by Crippen LogP contribution is -2.49. The molecule has 8 heteroatoms. The highest BCUT2D eigenvalue weighted by Crippen LogP contribution is 2.30. The summed E-state index contributed by atoms with van der Waals surface area (Å²) >= 11 is 0. The number of esters is 4. The number of hydrogen-bond donors (Lipinski definition) is 0. The normalized spacial score (nSPS) is 10.6. The molecule has 0 heterocycles. The van der Waals surface area contributed by atoms with Gasteiger partial charge in [0.1, 0.15) is 0 Å². The standard InChI is InChI=1S/C15H24O8/c1-5-20-11(16)9-10-15(12(17)21-6-2,13(18)22-7-3)14(19)23-8-4/h5-10H2,1-4H3. The summed E-state index contributed by atoms with van der Waals surface area (Å²) < 4.78 is 19.3. The first-order valence-electron chi connectivity index (χ1n) is 7.57. The van der Waals surface area contributed by atoms with Crippen LogP contribution in [0.15, 0.2) is 0 Å². The SMILES string of the molecule is CCOC(=O)CCC(C(=O)OCC)(C(=O)OCC)C(=O)OCC. The van der Waals surface area contributed by atoms with Crippen LogP contribution in [-0.4, -0.2) is 50.3 Å². The summed E-state index contributed by atoms with van der Waals surface area (Å²) in [4.78, 5) is 48.4. The Hall–Kier alpha value is -2.12. The maximum Gasteiger partial charge on any atom is 0.335 e. The van der Waals surface area contributed by atoms with E-state index in [9.17, 15) is 19.2 Å². The molecule has 0 atom stereocenters. The third-order valence-corrected chi connectivity index (χ3v) is 2.88. The van der Waals surface area contributed by atoms with Gasteiger partial charge < -0.3 is 18.9 Å². The average Bonchev–Trinajstić information content (AvgIpc) is 2.49. The van der Waals surface area contributed by atoms with Crippen LogP contribution in [-0.2, 0) is 38.1 Å². The van der Waals surface area contributed by atoms with Gasteiger partial charge in [0.05, 0.1) is 26.4 Å². The van der Waals surface area contributed by atoms with Gasteiger partial charge in [0.2, 0.25) is 0 Å². The molecule has 0 N–H and O–H groups in total. The lowest BCUT2D eigenvalue weighted by molar-refractivity contribution is -0.184. The van der Waals surface area contributed by atoms with Gasteiger partial charge in [0.15, 0.2) is 0 Å². The number of carbonyl (C=O) groups excluding carboxylic acids is 4. The zero-order chi connectivity index (χ0) is 17.9. The molecule has 0 aliphatic carbocycles. The highest BCUT2D eigenvalue weighted by Gasteiger charge is 2.57. The summed E-state index contributed by atoms with van der Waals surface area (Å²) in [6.07, 6.45) is -0.771. The Labute approximate surface area is 135 Å². The second-order valence-corrected chi connectivity index (χ2v) is 4.37. The van der Waals surface area contributed by atoms with Crippen LogP contribution in [0.25, 0.3) is 0 Å². The molecule has 132 valence electrons. The fraction of sp³-hybridized carbons (Fsp3) is 0.733. The molecule has 0 aliphatic rings. The predicted molar refractivity (Wildman–Crippen MR) is 78.2 cm³/mol. The molecule has 0 radical (unpaired) electrons. The second-order valence-electron chi connectivity index (χ2n) is 4.37. The molecule has 0 unspecified atom stereocenters. The molecule has 23 heavy (non-hydrogen) atoms. The van der Waals surface area contributed by atoms with Crippen LogP contribution in [0.4, 0.5) is 0 Å². The number of ether oxygens (including phenoxy) is 4. The summed E-state index contributed by atoms with van der Waals surface area (Å²) in [5, 5.41) is 0. The van der Waals surface area contributed by atoms with Crippen molar-refractivity contribution in [2.45, 2.75) is 40.5 Å². The van der Waals surface area contributed by atoms with Gasteiger partial charge in [-0.05, 0) is 34.1 Å². The molecule has 0 aromatic carbocycles. The van der Waals surface area contributed by atoms with E-state index in [-0.39, 0.29) is 32.8 Å². The van der Waals surface area contributed by atoms with Crippen molar-refractivity contribution in [3.05, 3.63) is 0 Å². The monoisotopic (exact) mass is 332 g/mol. The summed E-state index contributed by atoms with van der Waals surface area (Å²) in [6.45, 7) is 6.23. The quantitative estimate of drug-likeness (QED) is 0.331. The van der Waals surface area contributed by atoms with Gasteiger partial charge in [0, 0.05) is 6.42 Å². The molecule has 0 saturated heterocycles. The van der Waals surface area contributed by atoms with Crippen LogP contribution in [0.5, 0.6) is 0 Å². The number of hydrogen-bond acceptors (Lipinski definition) is 8. The lowest BCUT2D eigenvalue weighted by atomic mass is 9.83. The van der Waals surface area contributed by atoms with E-state index in [2.05, 4.69) is 0 Å². The largest absolute Gasteiger partial charge is 0.466 e. The molecule has 0 fully saturated rings. The molecule has 0 aromatic heterocycles. The van der Waals surface area contributed by atoms with Crippen molar-refractivity contribution < 1.29 is 38.1 Å². The van der Waals surface area contributed by atoms with Crippen LogP contribution in [0.1, 0.15) is 40.5 Å². The molecule has 0 aliphatic heterocycles. The minimum Gasteiger partial charge on any atom is -0.466 e. The van der Waals surface area contributed by atoms with Crippen LogP contribution in [0.3, 0.4) is 0 Å². The molecule has 0 spiro atoms. The van der Waals surface area contributed by atoms with Crippen molar-refractivity contribution in [1.82, 2.24) is 0 Å². The van der Waals surface area contributed by atoms with Gasteiger partial charge in [-0.1, -0.05) is 0 Å². The topological polar surface area (TPSA) is 105 Å². The summed E-state index contributed by atoms with van der Waals surface area (Å²) in [7, 11) is 0. The lowest BCUT2D eigenvalue weighted by Gasteiger charge is -2.26. The van der Waals surface area contributed by atoms with E-state index in [1.807, 2.05) is 0 Å². The summed E-state index contributed by atoms with van der Waals surface area (Å²) in [5.41, 5.74) is -2.32. The zero-order valence-corrected chi connectivity index (χ0v) is 14.0. The first-order chi connectivity index (χ1) is 10.9. The number of rotatable bonds is 10. The molecule has 0 saturated carbocycles. The van der Waals surface area contributed by atoms with Crippen LogP contribution in [0.2, 0.25) is 0 Å². The molecule has 8 nitrogen and oxygen atoms in total. The first-order valence-corrected chi connectivity index (χ1v) is 7.57. The van der Waals surface area contributed by atoms with Crippen molar-refractivity contribution in [3.63, 3.8) is 0 Å². The molecule has 0 amide bonds. The summed E-state index contributed by atoms with van der Waals surface area (Å²) in [6, 6.07) is 0. The first kappa shape index (κ1) is 20.9. The maximum absolute atomic E-state index is 12.3. The predicted octanol–water partition coefficient (Wildman–Crippen LogP) is 1.01. The average molecular weight is 332 g/mol. The van der Waals surface area contributed by atoms with Gasteiger partial charge in [-0.3, -0.25) is 19.2 Å². The highest BCUT2D eigenvalue weighted by molar-refractivity contribution is 6.18. The molecular weight excluding hydrogens is 308 g/mol. The van der Waals surface area contributed by atoms with Crippen LogP contribution in [0, 0.1) is 5.41 Å². The van der Waals surface area contributed by atoms with E-state index in [1.54, 1.807) is 6.92 Å². The minimum absolute atomic E-state index is 0.0429. The van der Waals surface area contributed by atoms with Gasteiger partial charge in [-0.15, -0.1) is 0 Å². The van der Waals surface area contributed by atoms with Gasteiger partial charge in [-0.25, -0.2) is 0 Å². The van der Waals surface area contributed by atoms with E-state index in [0.29, 0.717) is 0 Å². The maximum atomic E-state index is 12.3. The van der Waals surface area contributed by atoms with Gasteiger partial charge in [0.25, 0.3) is 5.41 Å². The Kier molecular flexibility index (Phi) is 9.60.